The SMILES string of the molecule is COCCNCc1cnn(-c2ccc(F)c(Cl)c2)c1C. The number of rotatable bonds is 6. The molecule has 0 radical (unpaired) electrons. The van der Waals surface area contributed by atoms with Crippen LogP contribution in [0.2, 0.25) is 5.02 Å². The van der Waals surface area contributed by atoms with Crippen molar-refractivity contribution in [3.63, 3.8) is 0 Å². The topological polar surface area (TPSA) is 39.1 Å². The zero-order valence-corrected chi connectivity index (χ0v) is 12.2. The molecule has 6 heteroatoms. The summed E-state index contributed by atoms with van der Waals surface area (Å²) >= 11 is 5.80. The molecule has 0 fully saturated rings. The van der Waals surface area contributed by atoms with Crippen molar-refractivity contribution in [2.24, 2.45) is 0 Å². The molecule has 0 bridgehead atoms. The molecule has 1 N–H and O–H groups in total. The largest absolute Gasteiger partial charge is 0.383 e. The van der Waals surface area contributed by atoms with E-state index in [1.807, 2.05) is 6.92 Å². The van der Waals surface area contributed by atoms with Gasteiger partial charge in [0.1, 0.15) is 5.82 Å². The highest BCUT2D eigenvalue weighted by Gasteiger charge is 2.09. The molecule has 4 nitrogen and oxygen atoms in total. The molecule has 1 aromatic heterocycles. The molecule has 0 saturated heterocycles. The van der Waals surface area contributed by atoms with Crippen molar-refractivity contribution in [1.82, 2.24) is 15.1 Å². The fourth-order valence-corrected chi connectivity index (χ4v) is 2.07. The van der Waals surface area contributed by atoms with Gasteiger partial charge in [-0.25, -0.2) is 9.07 Å². The molecule has 0 spiro atoms. The van der Waals surface area contributed by atoms with Crippen LogP contribution in [0.25, 0.3) is 5.69 Å². The van der Waals surface area contributed by atoms with E-state index in [1.54, 1.807) is 30.1 Å². The lowest BCUT2D eigenvalue weighted by atomic mass is 10.2. The van der Waals surface area contributed by atoms with E-state index in [2.05, 4.69) is 10.4 Å². The molecule has 0 unspecified atom stereocenters. The molecular weight excluding hydrogens is 281 g/mol. The average Bonchev–Trinajstić information content (AvgIpc) is 2.80. The van der Waals surface area contributed by atoms with E-state index in [0.29, 0.717) is 13.2 Å². The molecule has 0 atom stereocenters. The minimum atomic E-state index is -0.429. The van der Waals surface area contributed by atoms with E-state index < -0.39 is 5.82 Å². The van der Waals surface area contributed by atoms with Crippen LogP contribution in [-0.2, 0) is 11.3 Å². The summed E-state index contributed by atoms with van der Waals surface area (Å²) in [4.78, 5) is 0. The Bertz CT molecular complexity index is 586. The van der Waals surface area contributed by atoms with Gasteiger partial charge in [0.25, 0.3) is 0 Å². The summed E-state index contributed by atoms with van der Waals surface area (Å²) in [5.41, 5.74) is 2.83. The predicted octanol–water partition coefficient (Wildman–Crippen LogP) is 2.71. The summed E-state index contributed by atoms with van der Waals surface area (Å²) in [7, 11) is 1.67. The van der Waals surface area contributed by atoms with Crippen LogP contribution >= 0.6 is 11.6 Å². The summed E-state index contributed by atoms with van der Waals surface area (Å²) in [5, 5.41) is 7.68. The van der Waals surface area contributed by atoms with E-state index in [4.69, 9.17) is 16.3 Å². The number of halogens is 2. The van der Waals surface area contributed by atoms with Crippen LogP contribution in [-0.4, -0.2) is 30.0 Å². The summed E-state index contributed by atoms with van der Waals surface area (Å²) in [5.74, 6) is -0.429. The van der Waals surface area contributed by atoms with Crippen LogP contribution in [0.15, 0.2) is 24.4 Å². The fraction of sp³-hybridized carbons (Fsp3) is 0.357. The zero-order valence-electron chi connectivity index (χ0n) is 11.5. The smallest absolute Gasteiger partial charge is 0.141 e. The highest BCUT2D eigenvalue weighted by Crippen LogP contribution is 2.20. The van der Waals surface area contributed by atoms with Crippen LogP contribution in [0.3, 0.4) is 0 Å². The minimum absolute atomic E-state index is 0.0946. The Morgan fingerprint density at radius 1 is 1.45 bits per heavy atom. The second-order valence-electron chi connectivity index (χ2n) is 4.44. The van der Waals surface area contributed by atoms with E-state index in [-0.39, 0.29) is 5.02 Å². The molecule has 0 aliphatic heterocycles. The predicted molar refractivity (Wildman–Crippen MR) is 76.9 cm³/mol. The van der Waals surface area contributed by atoms with Crippen molar-refractivity contribution in [1.29, 1.82) is 0 Å². The monoisotopic (exact) mass is 297 g/mol. The van der Waals surface area contributed by atoms with Crippen molar-refractivity contribution in [2.75, 3.05) is 20.3 Å². The van der Waals surface area contributed by atoms with Crippen LogP contribution in [0.5, 0.6) is 0 Å². The lowest BCUT2D eigenvalue weighted by molar-refractivity contribution is 0.199. The number of hydrogen-bond donors (Lipinski definition) is 1. The van der Waals surface area contributed by atoms with Crippen LogP contribution in [0, 0.1) is 12.7 Å². The Kier molecular flexibility index (Phi) is 5.11. The van der Waals surface area contributed by atoms with Gasteiger partial charge in [-0.2, -0.15) is 5.10 Å². The third kappa shape index (κ3) is 3.36. The van der Waals surface area contributed by atoms with Crippen molar-refractivity contribution < 1.29 is 9.13 Å². The molecule has 0 aliphatic carbocycles. The van der Waals surface area contributed by atoms with Crippen LogP contribution in [0.1, 0.15) is 11.3 Å². The third-order valence-electron chi connectivity index (χ3n) is 3.06. The second-order valence-corrected chi connectivity index (χ2v) is 4.84. The van der Waals surface area contributed by atoms with Gasteiger partial charge in [0.2, 0.25) is 0 Å². The molecule has 1 aromatic carbocycles. The quantitative estimate of drug-likeness (QED) is 0.833. The molecule has 0 aliphatic rings. The first-order valence-corrected chi connectivity index (χ1v) is 6.70. The fourth-order valence-electron chi connectivity index (χ4n) is 1.89. The van der Waals surface area contributed by atoms with Crippen molar-refractivity contribution >= 4 is 11.6 Å². The Hall–Kier alpha value is -1.43. The van der Waals surface area contributed by atoms with Gasteiger partial charge >= 0.3 is 0 Å². The molecule has 1 heterocycles. The van der Waals surface area contributed by atoms with Gasteiger partial charge in [0, 0.05) is 31.5 Å². The third-order valence-corrected chi connectivity index (χ3v) is 3.35. The molecule has 2 aromatic rings. The van der Waals surface area contributed by atoms with Crippen molar-refractivity contribution in [3.05, 3.63) is 46.5 Å². The molecule has 0 amide bonds. The number of hydrogen-bond acceptors (Lipinski definition) is 3. The van der Waals surface area contributed by atoms with E-state index in [9.17, 15) is 4.39 Å². The van der Waals surface area contributed by atoms with Gasteiger partial charge in [-0.05, 0) is 25.1 Å². The molecular formula is C14H17ClFN3O. The Morgan fingerprint density at radius 3 is 2.95 bits per heavy atom. The molecule has 0 saturated carbocycles. The highest BCUT2D eigenvalue weighted by molar-refractivity contribution is 6.30. The first-order chi connectivity index (χ1) is 9.63. The van der Waals surface area contributed by atoms with Gasteiger partial charge in [-0.15, -0.1) is 0 Å². The molecule has 20 heavy (non-hydrogen) atoms. The van der Waals surface area contributed by atoms with E-state index >= 15 is 0 Å². The number of nitrogens with one attached hydrogen (secondary N) is 1. The number of benzene rings is 1. The molecule has 108 valence electrons. The second kappa shape index (κ2) is 6.83. The van der Waals surface area contributed by atoms with Crippen LogP contribution < -0.4 is 5.32 Å². The Balaban J connectivity index is 2.13. The average molecular weight is 298 g/mol. The number of aromatic nitrogens is 2. The standard InChI is InChI=1S/C14H17ClFN3O/c1-10-11(8-17-5-6-20-2)9-18-19(10)12-3-4-14(16)13(15)7-12/h3-4,7,9,17H,5-6,8H2,1-2H3. The number of methoxy groups -OCH3 is 1. The Morgan fingerprint density at radius 2 is 2.25 bits per heavy atom. The summed E-state index contributed by atoms with van der Waals surface area (Å²) in [6.07, 6.45) is 1.80. The van der Waals surface area contributed by atoms with Gasteiger partial charge in [0.05, 0.1) is 23.5 Å². The summed E-state index contributed by atoms with van der Waals surface area (Å²) < 4.78 is 19.9. The lowest BCUT2D eigenvalue weighted by Gasteiger charge is -2.07. The van der Waals surface area contributed by atoms with E-state index in [1.165, 1.54) is 6.07 Å². The summed E-state index contributed by atoms with van der Waals surface area (Å²) in [6, 6.07) is 4.57. The maximum atomic E-state index is 13.2. The van der Waals surface area contributed by atoms with Gasteiger partial charge < -0.3 is 10.1 Å². The number of nitrogens with zero attached hydrogens (tertiary/aromatic N) is 2. The lowest BCUT2D eigenvalue weighted by Crippen LogP contribution is -2.18. The van der Waals surface area contributed by atoms with Crippen molar-refractivity contribution in [3.8, 4) is 5.69 Å². The highest BCUT2D eigenvalue weighted by atomic mass is 35.5. The first-order valence-electron chi connectivity index (χ1n) is 6.32. The van der Waals surface area contributed by atoms with Crippen molar-refractivity contribution in [2.45, 2.75) is 13.5 Å². The normalized spacial score (nSPS) is 11.0. The Labute approximate surface area is 122 Å². The van der Waals surface area contributed by atoms with Gasteiger partial charge in [-0.3, -0.25) is 0 Å². The van der Waals surface area contributed by atoms with E-state index in [0.717, 1.165) is 23.5 Å². The zero-order chi connectivity index (χ0) is 14.5. The maximum Gasteiger partial charge on any atom is 0.141 e. The van der Waals surface area contributed by atoms with Gasteiger partial charge in [0.15, 0.2) is 0 Å². The first kappa shape index (κ1) is 15.0. The maximum absolute atomic E-state index is 13.2. The van der Waals surface area contributed by atoms with Crippen LogP contribution in [0.4, 0.5) is 4.39 Å². The minimum Gasteiger partial charge on any atom is -0.383 e. The molecule has 2 rings (SSSR count). The van der Waals surface area contributed by atoms with Gasteiger partial charge in [-0.1, -0.05) is 11.6 Å². The summed E-state index contributed by atoms with van der Waals surface area (Å²) in [6.45, 7) is 4.13. The number of ether oxygens (including phenoxy) is 1.